The van der Waals surface area contributed by atoms with Gasteiger partial charge in [-0.1, -0.05) is 18.2 Å². The molecule has 2 aromatic rings. The summed E-state index contributed by atoms with van der Waals surface area (Å²) >= 11 is 0. The number of para-hydroxylation sites is 1. The van der Waals surface area contributed by atoms with Crippen molar-refractivity contribution in [2.24, 2.45) is 0 Å². The van der Waals surface area contributed by atoms with Crippen LogP contribution in [0.5, 0.6) is 0 Å². The number of pyridine rings is 1. The molecule has 2 aliphatic heterocycles. The Labute approximate surface area is 164 Å². The van der Waals surface area contributed by atoms with Crippen LogP contribution < -0.4 is 10.6 Å². The van der Waals surface area contributed by atoms with Gasteiger partial charge in [0.1, 0.15) is 6.10 Å². The summed E-state index contributed by atoms with van der Waals surface area (Å²) < 4.78 is 6.18. The highest BCUT2D eigenvalue weighted by Gasteiger charge is 2.45. The minimum Gasteiger partial charge on any atom is -0.362 e. The molecule has 2 saturated heterocycles. The summed E-state index contributed by atoms with van der Waals surface area (Å²) in [7, 11) is 0. The maximum absolute atomic E-state index is 12.5. The largest absolute Gasteiger partial charge is 0.362 e. The summed E-state index contributed by atoms with van der Waals surface area (Å²) in [6.07, 6.45) is 5.85. The third kappa shape index (κ3) is 4.14. The van der Waals surface area contributed by atoms with Crippen LogP contribution in [0.15, 0.2) is 54.9 Å². The first-order chi connectivity index (χ1) is 13.6. The number of ether oxygens (including phenoxy) is 1. The Balaban J connectivity index is 1.28. The van der Waals surface area contributed by atoms with Crippen LogP contribution in [0, 0.1) is 0 Å². The number of nitrogens with zero attached hydrogens (tertiary/aromatic N) is 2. The number of benzene rings is 1. The summed E-state index contributed by atoms with van der Waals surface area (Å²) in [5.74, 6) is -0.130. The van der Waals surface area contributed by atoms with Gasteiger partial charge >= 0.3 is 6.03 Å². The molecule has 28 heavy (non-hydrogen) atoms. The monoisotopic (exact) mass is 380 g/mol. The smallest absolute Gasteiger partial charge is 0.321 e. The van der Waals surface area contributed by atoms with E-state index < -0.39 is 6.10 Å². The van der Waals surface area contributed by atoms with E-state index in [4.69, 9.17) is 4.74 Å². The van der Waals surface area contributed by atoms with Crippen LogP contribution in [0.3, 0.4) is 0 Å². The Bertz CT molecular complexity index is 820. The molecular formula is C21H24N4O3. The molecule has 2 fully saturated rings. The zero-order valence-electron chi connectivity index (χ0n) is 15.6. The van der Waals surface area contributed by atoms with E-state index >= 15 is 0 Å². The second-order valence-corrected chi connectivity index (χ2v) is 7.34. The van der Waals surface area contributed by atoms with Gasteiger partial charge in [0.05, 0.1) is 17.5 Å². The van der Waals surface area contributed by atoms with Crippen molar-refractivity contribution in [3.8, 4) is 0 Å². The van der Waals surface area contributed by atoms with Crippen molar-refractivity contribution >= 4 is 23.3 Å². The molecule has 3 heterocycles. The maximum atomic E-state index is 12.5. The lowest BCUT2D eigenvalue weighted by Crippen LogP contribution is -2.48. The van der Waals surface area contributed by atoms with Crippen LogP contribution in [-0.4, -0.2) is 46.6 Å². The maximum Gasteiger partial charge on any atom is 0.321 e. The lowest BCUT2D eigenvalue weighted by Gasteiger charge is -2.39. The fourth-order valence-corrected chi connectivity index (χ4v) is 3.87. The van der Waals surface area contributed by atoms with Crippen molar-refractivity contribution in [1.29, 1.82) is 0 Å². The number of piperidine rings is 1. The van der Waals surface area contributed by atoms with Crippen LogP contribution in [0.4, 0.5) is 16.2 Å². The number of hydrogen-bond donors (Lipinski definition) is 2. The van der Waals surface area contributed by atoms with Gasteiger partial charge in [0.2, 0.25) is 0 Å². The van der Waals surface area contributed by atoms with E-state index in [1.165, 1.54) is 0 Å². The Morgan fingerprint density at radius 2 is 1.75 bits per heavy atom. The lowest BCUT2D eigenvalue weighted by atomic mass is 9.88. The molecule has 1 spiro atoms. The number of amides is 3. The zero-order valence-corrected chi connectivity index (χ0v) is 15.6. The van der Waals surface area contributed by atoms with Gasteiger partial charge < -0.3 is 20.3 Å². The highest BCUT2D eigenvalue weighted by atomic mass is 16.5. The average molecular weight is 380 g/mol. The predicted molar refractivity (Wildman–Crippen MR) is 106 cm³/mol. The number of hydrogen-bond acceptors (Lipinski definition) is 4. The van der Waals surface area contributed by atoms with Gasteiger partial charge in [-0.05, 0) is 49.9 Å². The van der Waals surface area contributed by atoms with Gasteiger partial charge in [-0.2, -0.15) is 0 Å². The molecule has 3 amide bonds. The fourth-order valence-electron chi connectivity index (χ4n) is 3.87. The van der Waals surface area contributed by atoms with E-state index in [0.717, 1.165) is 24.9 Å². The number of likely N-dealkylation sites (tertiary alicyclic amines) is 1. The molecule has 0 aliphatic carbocycles. The quantitative estimate of drug-likeness (QED) is 0.856. The number of nitrogens with one attached hydrogen (secondary N) is 2. The lowest BCUT2D eigenvalue weighted by molar-refractivity contribution is -0.134. The third-order valence-electron chi connectivity index (χ3n) is 5.46. The standard InChI is InChI=1S/C21H24N4O3/c26-19(23-17-7-4-12-22-15-17)18-8-9-21(28-18)10-13-25(14-11-21)20(27)24-16-5-2-1-3-6-16/h1-7,12,15,18H,8-11,13-14H2,(H,23,26)(H,24,27)/t18-/m1/s1. The molecule has 7 nitrogen and oxygen atoms in total. The highest BCUT2D eigenvalue weighted by molar-refractivity contribution is 5.94. The molecule has 1 aromatic carbocycles. The Morgan fingerprint density at radius 1 is 1.00 bits per heavy atom. The summed E-state index contributed by atoms with van der Waals surface area (Å²) in [6, 6.07) is 12.9. The summed E-state index contributed by atoms with van der Waals surface area (Å²) in [4.78, 5) is 30.7. The first-order valence-corrected chi connectivity index (χ1v) is 9.63. The van der Waals surface area contributed by atoms with Crippen molar-refractivity contribution in [2.45, 2.75) is 37.4 Å². The van der Waals surface area contributed by atoms with Gasteiger partial charge in [-0.3, -0.25) is 9.78 Å². The second kappa shape index (κ2) is 7.98. The normalized spacial score (nSPS) is 20.7. The zero-order chi connectivity index (χ0) is 19.4. The first-order valence-electron chi connectivity index (χ1n) is 9.63. The van der Waals surface area contributed by atoms with Gasteiger partial charge in [-0.25, -0.2) is 4.79 Å². The van der Waals surface area contributed by atoms with E-state index in [1.54, 1.807) is 24.5 Å². The summed E-state index contributed by atoms with van der Waals surface area (Å²) in [5.41, 5.74) is 1.15. The number of carbonyl (C=O) groups is 2. The third-order valence-corrected chi connectivity index (χ3v) is 5.46. The van der Waals surface area contributed by atoms with E-state index in [-0.39, 0.29) is 17.5 Å². The van der Waals surface area contributed by atoms with Crippen LogP contribution in [0.25, 0.3) is 0 Å². The van der Waals surface area contributed by atoms with E-state index in [1.807, 2.05) is 35.2 Å². The molecule has 0 unspecified atom stereocenters. The molecule has 0 radical (unpaired) electrons. The van der Waals surface area contributed by atoms with Crippen molar-refractivity contribution in [2.75, 3.05) is 23.7 Å². The van der Waals surface area contributed by atoms with Crippen LogP contribution in [0.2, 0.25) is 0 Å². The second-order valence-electron chi connectivity index (χ2n) is 7.34. The van der Waals surface area contributed by atoms with E-state index in [0.29, 0.717) is 25.2 Å². The van der Waals surface area contributed by atoms with E-state index in [9.17, 15) is 9.59 Å². The number of rotatable bonds is 3. The Morgan fingerprint density at radius 3 is 2.46 bits per heavy atom. The van der Waals surface area contributed by atoms with Crippen molar-refractivity contribution < 1.29 is 14.3 Å². The van der Waals surface area contributed by atoms with Gasteiger partial charge in [-0.15, -0.1) is 0 Å². The predicted octanol–water partition coefficient (Wildman–Crippen LogP) is 3.27. The van der Waals surface area contributed by atoms with Gasteiger partial charge in [0.25, 0.3) is 5.91 Å². The van der Waals surface area contributed by atoms with Crippen molar-refractivity contribution in [3.05, 3.63) is 54.9 Å². The van der Waals surface area contributed by atoms with Crippen LogP contribution in [0.1, 0.15) is 25.7 Å². The molecule has 0 saturated carbocycles. The average Bonchev–Trinajstić information content (AvgIpc) is 3.14. The van der Waals surface area contributed by atoms with Gasteiger partial charge in [0.15, 0.2) is 0 Å². The molecule has 2 N–H and O–H groups in total. The fraction of sp³-hybridized carbons (Fsp3) is 0.381. The number of aromatic nitrogens is 1. The topological polar surface area (TPSA) is 83.6 Å². The summed E-state index contributed by atoms with van der Waals surface area (Å²) in [6.45, 7) is 1.24. The Kier molecular flexibility index (Phi) is 5.25. The van der Waals surface area contributed by atoms with Crippen LogP contribution >= 0.6 is 0 Å². The number of carbonyl (C=O) groups excluding carboxylic acids is 2. The van der Waals surface area contributed by atoms with Crippen molar-refractivity contribution in [1.82, 2.24) is 9.88 Å². The molecule has 4 rings (SSSR count). The highest BCUT2D eigenvalue weighted by Crippen LogP contribution is 2.39. The van der Waals surface area contributed by atoms with Crippen molar-refractivity contribution in [3.63, 3.8) is 0 Å². The molecular weight excluding hydrogens is 356 g/mol. The summed E-state index contributed by atoms with van der Waals surface area (Å²) in [5, 5.41) is 5.78. The minimum absolute atomic E-state index is 0.0927. The molecule has 1 aromatic heterocycles. The van der Waals surface area contributed by atoms with E-state index in [2.05, 4.69) is 15.6 Å². The minimum atomic E-state index is -0.454. The molecule has 0 bridgehead atoms. The number of anilines is 2. The van der Waals surface area contributed by atoms with Crippen LogP contribution in [-0.2, 0) is 9.53 Å². The molecule has 2 aliphatic rings. The molecule has 1 atom stereocenters. The SMILES string of the molecule is O=C(Nc1cccnc1)[C@H]1CCC2(CCN(C(=O)Nc3ccccc3)CC2)O1. The van der Waals surface area contributed by atoms with Gasteiger partial charge in [0, 0.05) is 25.0 Å². The Hall–Kier alpha value is -2.93. The number of urea groups is 1. The molecule has 146 valence electrons. The first kappa shape index (κ1) is 18.4. The molecule has 7 heteroatoms.